The van der Waals surface area contributed by atoms with E-state index in [1.165, 1.54) is 11.1 Å². The van der Waals surface area contributed by atoms with Crippen LogP contribution in [0, 0.1) is 0 Å². The van der Waals surface area contributed by atoms with Gasteiger partial charge in [-0.15, -0.1) is 0 Å². The predicted octanol–water partition coefficient (Wildman–Crippen LogP) is 0.530. The van der Waals surface area contributed by atoms with Gasteiger partial charge < -0.3 is 20.1 Å². The summed E-state index contributed by atoms with van der Waals surface area (Å²) in [6.45, 7) is 13.9. The molecule has 2 heterocycles. The minimum atomic E-state index is 0.877. The van der Waals surface area contributed by atoms with E-state index in [-0.39, 0.29) is 0 Å². The van der Waals surface area contributed by atoms with Crippen LogP contribution in [0.1, 0.15) is 11.1 Å². The highest BCUT2D eigenvalue weighted by Gasteiger charge is 2.09. The van der Waals surface area contributed by atoms with Crippen molar-refractivity contribution in [2.45, 2.75) is 13.1 Å². The van der Waals surface area contributed by atoms with Gasteiger partial charge in [0.25, 0.3) is 0 Å². The monoisotopic (exact) mass is 362 g/mol. The van der Waals surface area contributed by atoms with Gasteiger partial charge in [-0.3, -0.25) is 9.80 Å². The maximum absolute atomic E-state index is 5.38. The average molecular weight is 363 g/mol. The number of hydrogen-bond acceptors (Lipinski definition) is 6. The molecule has 0 unspecified atom stereocenters. The number of ether oxygens (including phenoxy) is 2. The lowest BCUT2D eigenvalue weighted by molar-refractivity contribution is 0.0383. The molecule has 0 amide bonds. The summed E-state index contributed by atoms with van der Waals surface area (Å²) in [5.74, 6) is 0. The lowest BCUT2D eigenvalue weighted by Crippen LogP contribution is -2.40. The molecule has 6 nitrogen and oxygen atoms in total. The summed E-state index contributed by atoms with van der Waals surface area (Å²) in [4.78, 5) is 4.92. The topological polar surface area (TPSA) is 49.0 Å². The molecule has 6 heteroatoms. The molecule has 0 aromatic heterocycles. The van der Waals surface area contributed by atoms with Gasteiger partial charge in [0.15, 0.2) is 0 Å². The lowest BCUT2D eigenvalue weighted by Gasteiger charge is -2.26. The standard InChI is InChI=1S/C20H34N4O2/c1-2-20(18-22-6-8-24-11-15-26-16-12-24)4-3-19(1)17-21-5-7-23-9-13-25-14-10-23/h1-4,21-22H,5-18H2. The molecule has 0 aliphatic carbocycles. The normalized spacial score (nSPS) is 19.7. The van der Waals surface area contributed by atoms with Crippen LogP contribution in [0.25, 0.3) is 0 Å². The number of morpholine rings is 2. The maximum Gasteiger partial charge on any atom is 0.0594 e. The Hall–Kier alpha value is -1.02. The molecule has 2 N–H and O–H groups in total. The van der Waals surface area contributed by atoms with Gasteiger partial charge >= 0.3 is 0 Å². The third-order valence-electron chi connectivity index (χ3n) is 5.10. The van der Waals surface area contributed by atoms with Gasteiger partial charge in [-0.2, -0.15) is 0 Å². The first-order valence-corrected chi connectivity index (χ1v) is 9.99. The number of rotatable bonds is 10. The third kappa shape index (κ3) is 7.31. The fourth-order valence-corrected chi connectivity index (χ4v) is 3.36. The van der Waals surface area contributed by atoms with E-state index >= 15 is 0 Å². The van der Waals surface area contributed by atoms with Gasteiger partial charge in [-0.05, 0) is 11.1 Å². The second kappa shape index (κ2) is 11.6. The zero-order chi connectivity index (χ0) is 17.9. The summed E-state index contributed by atoms with van der Waals surface area (Å²) in [5.41, 5.74) is 2.70. The fraction of sp³-hybridized carbons (Fsp3) is 0.700. The number of hydrogen-bond donors (Lipinski definition) is 2. The van der Waals surface area contributed by atoms with Gasteiger partial charge in [0.2, 0.25) is 0 Å². The molecule has 1 aromatic carbocycles. The second-order valence-electron chi connectivity index (χ2n) is 7.08. The molecule has 26 heavy (non-hydrogen) atoms. The first-order valence-electron chi connectivity index (χ1n) is 9.99. The highest BCUT2D eigenvalue weighted by Crippen LogP contribution is 2.04. The average Bonchev–Trinajstić information content (AvgIpc) is 2.71. The van der Waals surface area contributed by atoms with Gasteiger partial charge in [0.1, 0.15) is 0 Å². The molecule has 3 rings (SSSR count). The summed E-state index contributed by atoms with van der Waals surface area (Å²) in [6, 6.07) is 8.95. The molecular weight excluding hydrogens is 328 g/mol. The van der Waals surface area contributed by atoms with Crippen LogP contribution in [-0.4, -0.2) is 88.6 Å². The largest absolute Gasteiger partial charge is 0.379 e. The minimum absolute atomic E-state index is 0.877. The van der Waals surface area contributed by atoms with Crippen molar-refractivity contribution in [1.29, 1.82) is 0 Å². The minimum Gasteiger partial charge on any atom is -0.379 e. The summed E-state index contributed by atoms with van der Waals surface area (Å²) < 4.78 is 10.8. The summed E-state index contributed by atoms with van der Waals surface area (Å²) in [5, 5.41) is 7.09. The molecule has 2 aliphatic rings. The van der Waals surface area contributed by atoms with Crippen molar-refractivity contribution >= 4 is 0 Å². The van der Waals surface area contributed by atoms with Gasteiger partial charge in [0, 0.05) is 65.4 Å². The van der Waals surface area contributed by atoms with E-state index in [2.05, 4.69) is 44.7 Å². The zero-order valence-corrected chi connectivity index (χ0v) is 15.9. The molecule has 146 valence electrons. The Bertz CT molecular complexity index is 440. The van der Waals surface area contributed by atoms with Crippen LogP contribution in [0.15, 0.2) is 24.3 Å². The van der Waals surface area contributed by atoms with Crippen LogP contribution in [0.2, 0.25) is 0 Å². The Balaban J connectivity index is 1.24. The van der Waals surface area contributed by atoms with E-state index in [0.29, 0.717) is 0 Å². The van der Waals surface area contributed by atoms with E-state index < -0.39 is 0 Å². The van der Waals surface area contributed by atoms with Crippen LogP contribution in [-0.2, 0) is 22.6 Å². The number of benzene rings is 1. The molecule has 2 saturated heterocycles. The Morgan fingerprint density at radius 1 is 0.654 bits per heavy atom. The summed E-state index contributed by atoms with van der Waals surface area (Å²) in [6.07, 6.45) is 0. The van der Waals surface area contributed by atoms with Crippen molar-refractivity contribution in [2.75, 3.05) is 78.8 Å². The molecule has 2 fully saturated rings. The Labute approximate surface area is 157 Å². The maximum atomic E-state index is 5.38. The van der Waals surface area contributed by atoms with Crippen molar-refractivity contribution < 1.29 is 9.47 Å². The first kappa shape index (κ1) is 19.7. The van der Waals surface area contributed by atoms with Crippen LogP contribution >= 0.6 is 0 Å². The summed E-state index contributed by atoms with van der Waals surface area (Å²) >= 11 is 0. The number of nitrogens with zero attached hydrogens (tertiary/aromatic N) is 2. The molecule has 0 radical (unpaired) electrons. The smallest absolute Gasteiger partial charge is 0.0594 e. The molecule has 0 bridgehead atoms. The quantitative estimate of drug-likeness (QED) is 0.592. The Morgan fingerprint density at radius 3 is 1.42 bits per heavy atom. The van der Waals surface area contributed by atoms with Crippen molar-refractivity contribution in [3.8, 4) is 0 Å². The van der Waals surface area contributed by atoms with Gasteiger partial charge in [-0.25, -0.2) is 0 Å². The highest BCUT2D eigenvalue weighted by atomic mass is 16.5. The van der Waals surface area contributed by atoms with Gasteiger partial charge in [-0.1, -0.05) is 24.3 Å². The van der Waals surface area contributed by atoms with Crippen molar-refractivity contribution in [1.82, 2.24) is 20.4 Å². The van der Waals surface area contributed by atoms with E-state index in [4.69, 9.17) is 9.47 Å². The van der Waals surface area contributed by atoms with Crippen molar-refractivity contribution in [2.24, 2.45) is 0 Å². The fourth-order valence-electron chi connectivity index (χ4n) is 3.36. The molecular formula is C20H34N4O2. The lowest BCUT2D eigenvalue weighted by atomic mass is 10.1. The second-order valence-corrected chi connectivity index (χ2v) is 7.08. The molecule has 0 spiro atoms. The van der Waals surface area contributed by atoms with E-state index in [0.717, 1.165) is 91.9 Å². The Kier molecular flexibility index (Phi) is 8.84. The molecule has 0 saturated carbocycles. The molecule has 0 atom stereocenters. The third-order valence-corrected chi connectivity index (χ3v) is 5.10. The van der Waals surface area contributed by atoms with E-state index in [1.807, 2.05) is 0 Å². The predicted molar refractivity (Wildman–Crippen MR) is 104 cm³/mol. The Morgan fingerprint density at radius 2 is 1.04 bits per heavy atom. The number of nitrogens with one attached hydrogen (secondary N) is 2. The molecule has 1 aromatic rings. The highest BCUT2D eigenvalue weighted by molar-refractivity contribution is 5.22. The van der Waals surface area contributed by atoms with Crippen molar-refractivity contribution in [3.05, 3.63) is 35.4 Å². The zero-order valence-electron chi connectivity index (χ0n) is 15.9. The van der Waals surface area contributed by atoms with Crippen LogP contribution in [0.5, 0.6) is 0 Å². The van der Waals surface area contributed by atoms with Crippen molar-refractivity contribution in [3.63, 3.8) is 0 Å². The van der Waals surface area contributed by atoms with Gasteiger partial charge in [0.05, 0.1) is 26.4 Å². The van der Waals surface area contributed by atoms with Crippen LogP contribution in [0.3, 0.4) is 0 Å². The first-order chi connectivity index (χ1) is 12.9. The molecule has 2 aliphatic heterocycles. The SMILES string of the molecule is c1cc(CNCCN2CCOCC2)ccc1CNCCN1CCOCC1. The van der Waals surface area contributed by atoms with E-state index in [9.17, 15) is 0 Å². The van der Waals surface area contributed by atoms with E-state index in [1.54, 1.807) is 0 Å². The van der Waals surface area contributed by atoms with Crippen LogP contribution < -0.4 is 10.6 Å². The summed E-state index contributed by atoms with van der Waals surface area (Å²) in [7, 11) is 0. The van der Waals surface area contributed by atoms with Crippen LogP contribution in [0.4, 0.5) is 0 Å².